The SMILES string of the molecule is CC(C)c1cc(C(C)C)c(S(=O)(=O)N=[S@](=O)(CC(=O)OC/C=C/c2ccccc2)c2ccccc2)c(C(C)C)c1. The molecule has 214 valence electrons. The van der Waals surface area contributed by atoms with Crippen LogP contribution in [0.4, 0.5) is 0 Å². The van der Waals surface area contributed by atoms with Gasteiger partial charge in [0.1, 0.15) is 22.1 Å². The van der Waals surface area contributed by atoms with Gasteiger partial charge in [-0.25, -0.2) is 4.21 Å². The van der Waals surface area contributed by atoms with Crippen LogP contribution in [0.25, 0.3) is 6.08 Å². The number of carbonyl (C=O) groups excluding carboxylic acids is 1. The summed E-state index contributed by atoms with van der Waals surface area (Å²) in [7, 11) is -8.17. The highest BCUT2D eigenvalue weighted by Crippen LogP contribution is 2.37. The molecule has 0 unspecified atom stereocenters. The first-order valence-electron chi connectivity index (χ1n) is 13.4. The summed E-state index contributed by atoms with van der Waals surface area (Å²) in [6.07, 6.45) is 3.48. The molecule has 0 aromatic heterocycles. The van der Waals surface area contributed by atoms with Gasteiger partial charge in [-0.05, 0) is 58.2 Å². The molecule has 0 heterocycles. The number of sulfonamides is 1. The Morgan fingerprint density at radius 2 is 1.32 bits per heavy atom. The number of ether oxygens (including phenoxy) is 1. The van der Waals surface area contributed by atoms with Gasteiger partial charge >= 0.3 is 5.97 Å². The van der Waals surface area contributed by atoms with Gasteiger partial charge in [-0.3, -0.25) is 4.79 Å². The molecule has 3 aromatic rings. The van der Waals surface area contributed by atoms with Crippen molar-refractivity contribution in [2.75, 3.05) is 12.4 Å². The summed E-state index contributed by atoms with van der Waals surface area (Å²) in [5, 5.41) is 0. The number of benzene rings is 3. The third-order valence-electron chi connectivity index (χ3n) is 6.43. The first-order chi connectivity index (χ1) is 18.8. The number of carbonyl (C=O) groups is 1. The minimum absolute atomic E-state index is 0.0452. The Morgan fingerprint density at radius 3 is 1.82 bits per heavy atom. The summed E-state index contributed by atoms with van der Waals surface area (Å²) in [6, 6.07) is 21.4. The zero-order valence-corrected chi connectivity index (χ0v) is 25.7. The monoisotopic (exact) mass is 581 g/mol. The topological polar surface area (TPSA) is 89.9 Å². The zero-order chi connectivity index (χ0) is 29.5. The van der Waals surface area contributed by atoms with E-state index in [1.54, 1.807) is 30.4 Å². The fourth-order valence-corrected chi connectivity index (χ4v) is 8.72. The maximum atomic E-state index is 14.3. The Hall–Kier alpha value is -3.23. The van der Waals surface area contributed by atoms with Gasteiger partial charge in [0, 0.05) is 4.90 Å². The zero-order valence-electron chi connectivity index (χ0n) is 24.0. The lowest BCUT2D eigenvalue weighted by molar-refractivity contribution is -0.139. The van der Waals surface area contributed by atoms with Crippen LogP contribution in [-0.2, 0) is 29.3 Å². The third kappa shape index (κ3) is 7.92. The highest BCUT2D eigenvalue weighted by atomic mass is 32.3. The Morgan fingerprint density at radius 1 is 0.800 bits per heavy atom. The highest BCUT2D eigenvalue weighted by Gasteiger charge is 2.30. The summed E-state index contributed by atoms with van der Waals surface area (Å²) in [5.74, 6) is -1.53. The highest BCUT2D eigenvalue weighted by molar-refractivity contribution is 8.03. The molecule has 0 saturated heterocycles. The van der Waals surface area contributed by atoms with Crippen molar-refractivity contribution < 1.29 is 22.2 Å². The smallest absolute Gasteiger partial charge is 0.320 e. The summed E-state index contributed by atoms with van der Waals surface area (Å²) in [6.45, 7) is 11.8. The van der Waals surface area contributed by atoms with E-state index in [1.807, 2.05) is 70.2 Å². The normalized spacial score (nSPS) is 13.6. The van der Waals surface area contributed by atoms with Crippen molar-refractivity contribution in [3.8, 4) is 0 Å². The van der Waals surface area contributed by atoms with Gasteiger partial charge in [0.2, 0.25) is 0 Å². The van der Waals surface area contributed by atoms with Crippen molar-refractivity contribution in [2.45, 2.75) is 69.1 Å². The molecular weight excluding hydrogens is 542 g/mol. The van der Waals surface area contributed by atoms with Crippen LogP contribution in [0.1, 0.15) is 81.5 Å². The van der Waals surface area contributed by atoms with Gasteiger partial charge in [-0.1, -0.05) is 108 Å². The number of hydrogen-bond acceptors (Lipinski definition) is 5. The largest absolute Gasteiger partial charge is 0.461 e. The first kappa shape index (κ1) is 31.3. The van der Waals surface area contributed by atoms with Crippen LogP contribution < -0.4 is 0 Å². The van der Waals surface area contributed by atoms with Gasteiger partial charge < -0.3 is 4.74 Å². The molecule has 3 rings (SSSR count). The van der Waals surface area contributed by atoms with Crippen molar-refractivity contribution in [1.29, 1.82) is 0 Å². The Bertz CT molecular complexity index is 1540. The second-order valence-corrected chi connectivity index (χ2v) is 14.6. The third-order valence-corrected chi connectivity index (χ3v) is 10.8. The molecule has 1 atom stereocenters. The molecule has 0 aliphatic heterocycles. The molecule has 0 spiro atoms. The van der Waals surface area contributed by atoms with E-state index in [0.717, 1.165) is 11.1 Å². The molecule has 3 aromatic carbocycles. The minimum Gasteiger partial charge on any atom is -0.461 e. The van der Waals surface area contributed by atoms with E-state index in [4.69, 9.17) is 4.74 Å². The van der Waals surface area contributed by atoms with Crippen LogP contribution >= 0.6 is 0 Å². The van der Waals surface area contributed by atoms with Gasteiger partial charge in [0.25, 0.3) is 10.0 Å². The van der Waals surface area contributed by atoms with Crippen LogP contribution in [0.5, 0.6) is 0 Å². The van der Waals surface area contributed by atoms with E-state index in [1.165, 1.54) is 12.1 Å². The fourth-order valence-electron chi connectivity index (χ4n) is 4.26. The van der Waals surface area contributed by atoms with E-state index in [0.29, 0.717) is 11.1 Å². The second kappa shape index (κ2) is 13.4. The summed E-state index contributed by atoms with van der Waals surface area (Å²) >= 11 is 0. The second-order valence-electron chi connectivity index (χ2n) is 10.6. The van der Waals surface area contributed by atoms with E-state index in [2.05, 4.69) is 17.6 Å². The van der Waals surface area contributed by atoms with Crippen molar-refractivity contribution in [2.24, 2.45) is 3.77 Å². The molecule has 0 saturated carbocycles. The quantitative estimate of drug-likeness (QED) is 0.218. The molecule has 40 heavy (non-hydrogen) atoms. The Labute approximate surface area is 239 Å². The summed E-state index contributed by atoms with van der Waals surface area (Å²) in [4.78, 5) is 13.1. The molecule has 0 aliphatic rings. The van der Waals surface area contributed by atoms with Gasteiger partial charge in [0.05, 0.1) is 4.90 Å². The Kier molecular flexibility index (Phi) is 10.5. The van der Waals surface area contributed by atoms with Crippen molar-refractivity contribution in [1.82, 2.24) is 0 Å². The number of nitrogens with zero attached hydrogens (tertiary/aromatic N) is 1. The number of esters is 1. The van der Waals surface area contributed by atoms with Crippen LogP contribution in [0, 0.1) is 0 Å². The van der Waals surface area contributed by atoms with Gasteiger partial charge in [0.15, 0.2) is 0 Å². The summed E-state index contributed by atoms with van der Waals surface area (Å²) in [5.41, 5.74) is 3.23. The average molecular weight is 582 g/mol. The van der Waals surface area contributed by atoms with Crippen LogP contribution in [-0.4, -0.2) is 31.0 Å². The van der Waals surface area contributed by atoms with Crippen molar-refractivity contribution in [3.05, 3.63) is 101 Å². The molecular formula is C32H39NO5S2. The molecule has 0 fully saturated rings. The van der Waals surface area contributed by atoms with Gasteiger partial charge in [-0.15, -0.1) is 3.77 Å². The minimum atomic E-state index is -4.44. The molecule has 0 bridgehead atoms. The predicted molar refractivity (Wildman–Crippen MR) is 162 cm³/mol. The first-order valence-corrected chi connectivity index (χ1v) is 16.6. The number of rotatable bonds is 11. The fraction of sp³-hybridized carbons (Fsp3) is 0.344. The van der Waals surface area contributed by atoms with E-state index >= 15 is 0 Å². The van der Waals surface area contributed by atoms with Crippen molar-refractivity contribution >= 4 is 31.8 Å². The maximum Gasteiger partial charge on any atom is 0.320 e. The van der Waals surface area contributed by atoms with Crippen molar-refractivity contribution in [3.63, 3.8) is 0 Å². The molecule has 0 N–H and O–H groups in total. The predicted octanol–water partition coefficient (Wildman–Crippen LogP) is 7.53. The number of hydrogen-bond donors (Lipinski definition) is 0. The lowest BCUT2D eigenvalue weighted by atomic mass is 9.89. The van der Waals surface area contributed by atoms with Crippen LogP contribution in [0.3, 0.4) is 0 Å². The van der Waals surface area contributed by atoms with Crippen LogP contribution in [0.15, 0.2) is 92.4 Å². The van der Waals surface area contributed by atoms with E-state index in [9.17, 15) is 17.4 Å². The molecule has 0 radical (unpaired) electrons. The standard InChI is InChI=1S/C32H39NO5S2/c1-23(2)27-20-29(24(3)4)32(30(21-27)25(5)6)40(36,37)33-39(35,28-17-11-8-12-18-28)22-31(34)38-19-13-16-26-14-9-7-10-15-26/h7-18,20-21,23-25H,19,22H2,1-6H3/b16-13+/t39-/m0/s1. The van der Waals surface area contributed by atoms with Gasteiger partial charge in [-0.2, -0.15) is 8.42 Å². The Balaban J connectivity index is 2.07. The average Bonchev–Trinajstić information content (AvgIpc) is 2.91. The van der Waals surface area contributed by atoms with Crippen LogP contribution in [0.2, 0.25) is 0 Å². The molecule has 0 amide bonds. The maximum absolute atomic E-state index is 14.3. The lowest BCUT2D eigenvalue weighted by Crippen LogP contribution is -2.21. The molecule has 0 aliphatic carbocycles. The lowest BCUT2D eigenvalue weighted by Gasteiger charge is -2.22. The van der Waals surface area contributed by atoms with E-state index in [-0.39, 0.29) is 34.2 Å². The summed E-state index contributed by atoms with van der Waals surface area (Å²) < 4.78 is 51.7. The van der Waals surface area contributed by atoms with E-state index < -0.39 is 31.5 Å². The molecule has 8 heteroatoms. The molecule has 6 nitrogen and oxygen atoms in total.